The lowest BCUT2D eigenvalue weighted by atomic mass is 9.84. The number of hydrogen-bond acceptors (Lipinski definition) is 10. The number of rotatable bonds is 2. The molecule has 2 fully saturated rings. The number of benzene rings is 2. The fourth-order valence-corrected chi connectivity index (χ4v) is 8.86. The van der Waals surface area contributed by atoms with Crippen molar-refractivity contribution in [2.75, 3.05) is 17.2 Å². The van der Waals surface area contributed by atoms with Gasteiger partial charge in [-0.1, -0.05) is 12.6 Å². The minimum Gasteiger partial charge on any atom is -0.444 e. The van der Waals surface area contributed by atoms with Crippen molar-refractivity contribution in [3.8, 4) is 23.3 Å². The minimum absolute atomic E-state index is 0.0132. The molecule has 5 heterocycles. The summed E-state index contributed by atoms with van der Waals surface area (Å²) < 4.78 is 59.3. The Hall–Kier alpha value is -5.28. The molecule has 3 aromatic rings. The molecule has 2 saturated heterocycles. The molecule has 270 valence electrons. The van der Waals surface area contributed by atoms with Crippen LogP contribution in [0.5, 0.6) is 0 Å². The lowest BCUT2D eigenvalue weighted by Crippen LogP contribution is -2.63. The van der Waals surface area contributed by atoms with Gasteiger partial charge in [0.25, 0.3) is 6.42 Å². The maximum atomic E-state index is 17.2. The molecule has 11 nitrogen and oxygen atoms in total. The van der Waals surface area contributed by atoms with Crippen molar-refractivity contribution in [2.24, 2.45) is 4.99 Å². The first-order valence-corrected chi connectivity index (χ1v) is 17.6. The lowest BCUT2D eigenvalue weighted by Gasteiger charge is -2.48. The molecule has 0 saturated carbocycles. The molecule has 0 radical (unpaired) electrons. The first-order valence-electron chi connectivity index (χ1n) is 16.8. The fourth-order valence-electron chi connectivity index (χ4n) is 7.79. The van der Waals surface area contributed by atoms with Crippen molar-refractivity contribution in [3.05, 3.63) is 52.6 Å². The van der Waals surface area contributed by atoms with E-state index in [1.807, 2.05) is 11.0 Å². The van der Waals surface area contributed by atoms with Crippen molar-refractivity contribution in [1.82, 2.24) is 9.80 Å². The monoisotopic (exact) mass is 731 g/mol. The van der Waals surface area contributed by atoms with Gasteiger partial charge in [-0.25, -0.2) is 23.4 Å². The molecular weight excluding hydrogens is 696 g/mol. The Labute approximate surface area is 302 Å². The van der Waals surface area contributed by atoms with Gasteiger partial charge in [0, 0.05) is 23.1 Å². The summed E-state index contributed by atoms with van der Waals surface area (Å²) >= 11 is 0.762. The lowest BCUT2D eigenvalue weighted by molar-refractivity contribution is -0.00824. The van der Waals surface area contributed by atoms with Gasteiger partial charge in [-0.15, -0.1) is 11.3 Å². The highest BCUT2D eigenvalue weighted by atomic mass is 32.1. The van der Waals surface area contributed by atoms with Gasteiger partial charge in [-0.05, 0) is 78.0 Å². The fraction of sp³-hybridized carbons (Fsp3) is 0.432. The van der Waals surface area contributed by atoms with Gasteiger partial charge in [0.1, 0.15) is 40.0 Å². The molecule has 52 heavy (non-hydrogen) atoms. The van der Waals surface area contributed by atoms with Crippen LogP contribution in [0.3, 0.4) is 0 Å². The van der Waals surface area contributed by atoms with E-state index in [1.165, 1.54) is 6.07 Å². The number of amides is 2. The zero-order valence-electron chi connectivity index (χ0n) is 29.4. The van der Waals surface area contributed by atoms with E-state index in [4.69, 9.17) is 9.47 Å². The maximum Gasteiger partial charge on any atom is 0.412 e. The number of alkyl halides is 1. The zero-order chi connectivity index (χ0) is 37.6. The molecule has 2 aromatic carbocycles. The molecule has 2 N–H and O–H groups in total. The van der Waals surface area contributed by atoms with Crippen LogP contribution in [0.2, 0.25) is 0 Å². The highest BCUT2D eigenvalue weighted by Gasteiger charge is 2.53. The van der Waals surface area contributed by atoms with Gasteiger partial charge in [-0.2, -0.15) is 14.9 Å². The summed E-state index contributed by atoms with van der Waals surface area (Å²) in [6, 6.07) is 5.40. The standard InChI is InChI=1S/C37H36F3N7O4S/c1-16-12-23-22-11-8-17(47(22)35(49)51-37(5,6)7)15-46(23)31-27-24(16)19(13-41)25(28(39)29(27)43-33(40)44-31)18-9-10-21(38)30-26(18)20(14-42)32(52-30)45-34(48)50-36(2,3)4/h9-10,17,22-23,33,43H,1,8,11-12,15H2,2-7H3,(H,45,48)/t17-,22+,23-,33?/m1/s1. The maximum absolute atomic E-state index is 17.2. The zero-order valence-corrected chi connectivity index (χ0v) is 30.2. The number of halogens is 3. The largest absolute Gasteiger partial charge is 0.444 e. The number of hydrogen-bond donors (Lipinski definition) is 2. The van der Waals surface area contributed by atoms with E-state index < -0.39 is 47.5 Å². The molecule has 4 aliphatic heterocycles. The number of nitrogens with zero attached hydrogens (tertiary/aromatic N) is 5. The Morgan fingerprint density at radius 2 is 1.71 bits per heavy atom. The Bertz CT molecular complexity index is 2210. The number of anilines is 2. The van der Waals surface area contributed by atoms with Crippen molar-refractivity contribution >= 4 is 55.7 Å². The molecule has 0 aliphatic carbocycles. The van der Waals surface area contributed by atoms with Crippen LogP contribution >= 0.6 is 11.3 Å². The molecule has 4 aliphatic rings. The quantitative estimate of drug-likeness (QED) is 0.251. The number of amidine groups is 1. The number of thiophene rings is 1. The van der Waals surface area contributed by atoms with Crippen molar-refractivity contribution < 1.29 is 32.2 Å². The van der Waals surface area contributed by atoms with Crippen LogP contribution in [0.15, 0.2) is 23.7 Å². The third kappa shape index (κ3) is 5.68. The van der Waals surface area contributed by atoms with Crippen LogP contribution in [-0.2, 0) is 9.47 Å². The van der Waals surface area contributed by atoms with Gasteiger partial charge in [0.05, 0.1) is 45.2 Å². The molecular formula is C37H36F3N7O4S. The first kappa shape index (κ1) is 35.1. The second kappa shape index (κ2) is 12.2. The normalized spacial score (nSPS) is 22.0. The number of carbonyl (C=O) groups is 2. The number of nitriles is 2. The van der Waals surface area contributed by atoms with E-state index in [0.29, 0.717) is 18.4 Å². The summed E-state index contributed by atoms with van der Waals surface area (Å²) in [6.07, 6.45) is -1.86. The number of nitrogens with one attached hydrogen (secondary N) is 2. The number of aliphatic imine (C=N–C) groups is 1. The number of fused-ring (bicyclic) bond motifs is 6. The molecule has 2 amide bonds. The van der Waals surface area contributed by atoms with E-state index in [1.54, 1.807) is 46.4 Å². The summed E-state index contributed by atoms with van der Waals surface area (Å²) in [5.74, 6) is -1.60. The predicted octanol–water partition coefficient (Wildman–Crippen LogP) is 8.23. The van der Waals surface area contributed by atoms with Crippen LogP contribution in [-0.4, -0.2) is 70.1 Å². The van der Waals surface area contributed by atoms with Crippen LogP contribution in [0.4, 0.5) is 33.4 Å². The third-order valence-electron chi connectivity index (χ3n) is 9.54. The molecule has 1 aromatic heterocycles. The Morgan fingerprint density at radius 1 is 1.02 bits per heavy atom. The Balaban J connectivity index is 1.41. The first-order chi connectivity index (χ1) is 24.4. The summed E-state index contributed by atoms with van der Waals surface area (Å²) in [7, 11) is 0. The van der Waals surface area contributed by atoms with Crippen LogP contribution in [0.1, 0.15) is 83.1 Å². The van der Waals surface area contributed by atoms with Crippen molar-refractivity contribution in [1.29, 1.82) is 10.5 Å². The molecule has 7 rings (SSSR count). The second-order valence-corrected chi connectivity index (χ2v) is 16.3. The Kier molecular flexibility index (Phi) is 8.22. The van der Waals surface area contributed by atoms with Gasteiger partial charge in [0.2, 0.25) is 0 Å². The van der Waals surface area contributed by atoms with Crippen molar-refractivity contribution in [3.63, 3.8) is 0 Å². The SMILES string of the molecule is C=C1C[C@@H]2[C@@H]3CC[C@H](CN2C2=NC(F)Nc4c(F)c(-c5ccc(F)c6sc(NC(=O)OC(C)(C)C)c(C#N)c56)c(C#N)c1c42)N3C(=O)OC(C)(C)C. The minimum atomic E-state index is -2.06. The molecule has 0 spiro atoms. The molecule has 4 atom stereocenters. The summed E-state index contributed by atoms with van der Waals surface area (Å²) in [6.45, 7) is 15.0. The van der Waals surface area contributed by atoms with Gasteiger partial charge in [-0.3, -0.25) is 10.2 Å². The van der Waals surface area contributed by atoms with E-state index in [2.05, 4.69) is 28.3 Å². The topological polar surface area (TPSA) is 143 Å². The van der Waals surface area contributed by atoms with Crippen LogP contribution < -0.4 is 10.6 Å². The highest BCUT2D eigenvalue weighted by Crippen LogP contribution is 2.51. The number of carbonyl (C=O) groups excluding carboxylic acids is 2. The van der Waals surface area contributed by atoms with Crippen LogP contribution in [0.25, 0.3) is 26.8 Å². The molecule has 2 bridgehead atoms. The van der Waals surface area contributed by atoms with Crippen LogP contribution in [0, 0.1) is 34.3 Å². The average Bonchev–Trinajstić information content (AvgIpc) is 3.54. The van der Waals surface area contributed by atoms with Gasteiger partial charge in [0.15, 0.2) is 5.82 Å². The summed E-state index contributed by atoms with van der Waals surface area (Å²) in [4.78, 5) is 34.1. The smallest absolute Gasteiger partial charge is 0.412 e. The molecule has 1 unspecified atom stereocenters. The van der Waals surface area contributed by atoms with Gasteiger partial charge >= 0.3 is 12.2 Å². The third-order valence-corrected chi connectivity index (χ3v) is 10.7. The molecule has 15 heteroatoms. The number of piperazine rings is 1. The summed E-state index contributed by atoms with van der Waals surface area (Å²) in [5, 5.41) is 26.0. The van der Waals surface area contributed by atoms with Crippen molar-refractivity contribution in [2.45, 2.75) is 96.6 Å². The predicted molar refractivity (Wildman–Crippen MR) is 191 cm³/mol. The van der Waals surface area contributed by atoms with E-state index in [-0.39, 0.29) is 85.0 Å². The van der Waals surface area contributed by atoms with E-state index in [9.17, 15) is 20.1 Å². The van der Waals surface area contributed by atoms with E-state index >= 15 is 13.2 Å². The summed E-state index contributed by atoms with van der Waals surface area (Å²) in [5.41, 5.74) is -1.66. The number of ether oxygens (including phenoxy) is 2. The second-order valence-electron chi connectivity index (χ2n) is 15.3. The average molecular weight is 732 g/mol. The Morgan fingerprint density at radius 3 is 2.37 bits per heavy atom. The van der Waals surface area contributed by atoms with E-state index in [0.717, 1.165) is 17.4 Å². The highest BCUT2D eigenvalue weighted by molar-refractivity contribution is 7.23. The van der Waals surface area contributed by atoms with Gasteiger partial charge < -0.3 is 19.7 Å².